The number of Topliss-reactive ketones (excluding diaryl/α,β-unsaturated/α-hetero) is 1. The van der Waals surface area contributed by atoms with E-state index in [2.05, 4.69) is 5.32 Å². The first-order chi connectivity index (χ1) is 13.3. The highest BCUT2D eigenvalue weighted by molar-refractivity contribution is 6.04. The van der Waals surface area contributed by atoms with Crippen molar-refractivity contribution in [3.8, 4) is 0 Å². The van der Waals surface area contributed by atoms with Gasteiger partial charge in [-0.3, -0.25) is 14.4 Å². The van der Waals surface area contributed by atoms with Gasteiger partial charge in [-0.2, -0.15) is 0 Å². The fraction of sp³-hybridized carbons (Fsp3) is 0.174. The first-order valence-electron chi connectivity index (χ1n) is 9.02. The summed E-state index contributed by atoms with van der Waals surface area (Å²) >= 11 is 0. The van der Waals surface area contributed by atoms with Gasteiger partial charge in [-0.1, -0.05) is 23.8 Å². The smallest absolute Gasteiger partial charge is 0.257 e. The van der Waals surface area contributed by atoms with E-state index in [-0.39, 0.29) is 17.2 Å². The molecule has 28 heavy (non-hydrogen) atoms. The van der Waals surface area contributed by atoms with Gasteiger partial charge < -0.3 is 9.88 Å². The Hall–Kier alpha value is -3.47. The van der Waals surface area contributed by atoms with Crippen molar-refractivity contribution in [2.24, 2.45) is 0 Å². The van der Waals surface area contributed by atoms with E-state index in [1.165, 1.54) is 23.6 Å². The zero-order chi connectivity index (χ0) is 20.3. The first-order valence-corrected chi connectivity index (χ1v) is 9.02. The van der Waals surface area contributed by atoms with Crippen molar-refractivity contribution in [2.45, 2.75) is 27.3 Å². The van der Waals surface area contributed by atoms with Crippen LogP contribution >= 0.6 is 0 Å². The largest absolute Gasteiger partial charge is 0.322 e. The number of hydrogen-bond donors (Lipinski definition) is 1. The van der Waals surface area contributed by atoms with Crippen molar-refractivity contribution < 1.29 is 9.59 Å². The summed E-state index contributed by atoms with van der Waals surface area (Å²) in [6.45, 7) is 5.90. The van der Waals surface area contributed by atoms with Gasteiger partial charge in [0.05, 0.1) is 12.1 Å². The summed E-state index contributed by atoms with van der Waals surface area (Å²) in [6, 6.07) is 15.7. The maximum absolute atomic E-state index is 12.6. The number of ketones is 1. The van der Waals surface area contributed by atoms with Crippen LogP contribution in [0.25, 0.3) is 0 Å². The number of benzene rings is 2. The van der Waals surface area contributed by atoms with Crippen LogP contribution in [0.5, 0.6) is 0 Å². The molecule has 0 unspecified atom stereocenters. The van der Waals surface area contributed by atoms with Crippen molar-refractivity contribution >= 4 is 17.4 Å². The van der Waals surface area contributed by atoms with E-state index in [9.17, 15) is 14.4 Å². The Morgan fingerprint density at radius 2 is 1.61 bits per heavy atom. The standard InChI is InChI=1S/C23H22N2O3/c1-15-4-5-16(2)20(12-15)14-25-13-19(8-11-22(25)27)23(28)24-21-9-6-18(7-10-21)17(3)26/h4-13H,14H2,1-3H3,(H,24,28). The Balaban J connectivity index is 1.82. The van der Waals surface area contributed by atoms with Crippen LogP contribution in [0.4, 0.5) is 5.69 Å². The molecule has 0 aliphatic rings. The maximum atomic E-state index is 12.6. The molecule has 1 heterocycles. The van der Waals surface area contributed by atoms with Gasteiger partial charge in [0.25, 0.3) is 11.5 Å². The number of aryl methyl sites for hydroxylation is 2. The molecule has 3 rings (SSSR count). The molecule has 1 N–H and O–H groups in total. The molecule has 3 aromatic rings. The number of hydrogen-bond acceptors (Lipinski definition) is 3. The summed E-state index contributed by atoms with van der Waals surface area (Å²) in [5, 5.41) is 2.79. The number of carbonyl (C=O) groups is 2. The van der Waals surface area contributed by atoms with Gasteiger partial charge >= 0.3 is 0 Å². The van der Waals surface area contributed by atoms with Crippen molar-refractivity contribution in [3.05, 3.63) is 99.0 Å². The zero-order valence-electron chi connectivity index (χ0n) is 16.2. The second-order valence-electron chi connectivity index (χ2n) is 6.90. The fourth-order valence-corrected chi connectivity index (χ4v) is 2.93. The Labute approximate surface area is 163 Å². The van der Waals surface area contributed by atoms with E-state index in [0.29, 0.717) is 23.4 Å². The molecule has 0 atom stereocenters. The second kappa shape index (κ2) is 8.05. The van der Waals surface area contributed by atoms with Crippen LogP contribution in [0.15, 0.2) is 65.6 Å². The van der Waals surface area contributed by atoms with Crippen LogP contribution in [0.2, 0.25) is 0 Å². The molecule has 0 fully saturated rings. The molecular formula is C23H22N2O3. The van der Waals surface area contributed by atoms with Crippen LogP contribution in [0, 0.1) is 13.8 Å². The van der Waals surface area contributed by atoms with Crippen molar-refractivity contribution in [1.29, 1.82) is 0 Å². The Kier molecular flexibility index (Phi) is 5.54. The number of carbonyl (C=O) groups excluding carboxylic acids is 2. The lowest BCUT2D eigenvalue weighted by atomic mass is 10.1. The lowest BCUT2D eigenvalue weighted by Crippen LogP contribution is -2.23. The highest BCUT2D eigenvalue weighted by atomic mass is 16.2. The third-order valence-electron chi connectivity index (χ3n) is 4.64. The van der Waals surface area contributed by atoms with Gasteiger partial charge in [0.1, 0.15) is 0 Å². The van der Waals surface area contributed by atoms with E-state index < -0.39 is 0 Å². The summed E-state index contributed by atoms with van der Waals surface area (Å²) < 4.78 is 1.54. The van der Waals surface area contributed by atoms with Gasteiger partial charge in [0, 0.05) is 23.5 Å². The molecule has 0 bridgehead atoms. The second-order valence-corrected chi connectivity index (χ2v) is 6.90. The monoisotopic (exact) mass is 374 g/mol. The van der Waals surface area contributed by atoms with Crippen molar-refractivity contribution in [1.82, 2.24) is 4.57 Å². The highest BCUT2D eigenvalue weighted by Gasteiger charge is 2.10. The third-order valence-corrected chi connectivity index (χ3v) is 4.64. The van der Waals surface area contributed by atoms with E-state index in [4.69, 9.17) is 0 Å². The van der Waals surface area contributed by atoms with Crippen molar-refractivity contribution in [2.75, 3.05) is 5.32 Å². The van der Waals surface area contributed by atoms with Crippen LogP contribution < -0.4 is 10.9 Å². The van der Waals surface area contributed by atoms with Gasteiger partial charge in [-0.25, -0.2) is 0 Å². The predicted octanol–water partition coefficient (Wildman–Crippen LogP) is 3.97. The van der Waals surface area contributed by atoms with E-state index in [1.807, 2.05) is 32.0 Å². The molecule has 2 aromatic carbocycles. The average Bonchev–Trinajstić information content (AvgIpc) is 2.66. The molecule has 0 spiro atoms. The summed E-state index contributed by atoms with van der Waals surface area (Å²) in [5.74, 6) is -0.346. The summed E-state index contributed by atoms with van der Waals surface area (Å²) in [7, 11) is 0. The minimum atomic E-state index is -0.315. The third kappa shape index (κ3) is 4.43. The zero-order valence-corrected chi connectivity index (χ0v) is 16.2. The molecule has 0 aliphatic carbocycles. The summed E-state index contributed by atoms with van der Waals surface area (Å²) in [4.78, 5) is 36.2. The Morgan fingerprint density at radius 3 is 2.29 bits per heavy atom. The molecule has 142 valence electrons. The topological polar surface area (TPSA) is 68.2 Å². The summed E-state index contributed by atoms with van der Waals surface area (Å²) in [6.07, 6.45) is 1.57. The molecule has 0 aliphatic heterocycles. The maximum Gasteiger partial charge on any atom is 0.257 e. The van der Waals surface area contributed by atoms with Crippen molar-refractivity contribution in [3.63, 3.8) is 0 Å². The lowest BCUT2D eigenvalue weighted by molar-refractivity contribution is 0.101. The number of nitrogens with zero attached hydrogens (tertiary/aromatic N) is 1. The van der Waals surface area contributed by atoms with Crippen LogP contribution in [-0.4, -0.2) is 16.3 Å². The van der Waals surface area contributed by atoms with E-state index >= 15 is 0 Å². The minimum Gasteiger partial charge on any atom is -0.322 e. The quantitative estimate of drug-likeness (QED) is 0.687. The fourth-order valence-electron chi connectivity index (χ4n) is 2.93. The molecule has 5 nitrogen and oxygen atoms in total. The number of nitrogens with one attached hydrogen (secondary N) is 1. The summed E-state index contributed by atoms with van der Waals surface area (Å²) in [5.41, 5.74) is 4.65. The van der Waals surface area contributed by atoms with Crippen LogP contribution in [0.3, 0.4) is 0 Å². The van der Waals surface area contributed by atoms with Gasteiger partial charge in [-0.15, -0.1) is 0 Å². The number of aromatic nitrogens is 1. The minimum absolute atomic E-state index is 0.0311. The first kappa shape index (κ1) is 19.3. The van der Waals surface area contributed by atoms with Gasteiger partial charge in [-0.05, 0) is 62.2 Å². The average molecular weight is 374 g/mol. The molecule has 5 heteroatoms. The molecule has 0 radical (unpaired) electrons. The number of rotatable bonds is 5. The van der Waals surface area contributed by atoms with Gasteiger partial charge in [0.15, 0.2) is 5.78 Å². The normalized spacial score (nSPS) is 10.5. The van der Waals surface area contributed by atoms with E-state index in [0.717, 1.165) is 16.7 Å². The molecule has 0 saturated heterocycles. The predicted molar refractivity (Wildman–Crippen MR) is 110 cm³/mol. The SMILES string of the molecule is CC(=O)c1ccc(NC(=O)c2ccc(=O)n(Cc3cc(C)ccc3C)c2)cc1. The van der Waals surface area contributed by atoms with Gasteiger partial charge in [0.2, 0.25) is 0 Å². The molecule has 1 aromatic heterocycles. The van der Waals surface area contributed by atoms with Crippen LogP contribution in [0.1, 0.15) is 44.3 Å². The number of anilines is 1. The Bertz CT molecular complexity index is 1100. The lowest BCUT2D eigenvalue weighted by Gasteiger charge is -2.12. The number of amides is 1. The number of pyridine rings is 1. The molecule has 1 amide bonds. The Morgan fingerprint density at radius 1 is 0.929 bits per heavy atom. The highest BCUT2D eigenvalue weighted by Crippen LogP contribution is 2.14. The van der Waals surface area contributed by atoms with Crippen LogP contribution in [-0.2, 0) is 6.54 Å². The van der Waals surface area contributed by atoms with E-state index in [1.54, 1.807) is 30.5 Å². The molecule has 0 saturated carbocycles. The molecular weight excluding hydrogens is 352 g/mol.